The van der Waals surface area contributed by atoms with Gasteiger partial charge in [-0.3, -0.25) is 4.98 Å². The van der Waals surface area contributed by atoms with Crippen molar-refractivity contribution in [2.45, 2.75) is 0 Å². The summed E-state index contributed by atoms with van der Waals surface area (Å²) in [6.07, 6.45) is 3.34. The molecule has 0 fully saturated rings. The molecule has 0 radical (unpaired) electrons. The van der Waals surface area contributed by atoms with Crippen LogP contribution in [-0.4, -0.2) is 16.1 Å². The molecule has 0 aliphatic heterocycles. The summed E-state index contributed by atoms with van der Waals surface area (Å²) in [5.74, 6) is -0.911. The summed E-state index contributed by atoms with van der Waals surface area (Å²) in [7, 11) is 0. The normalized spacial score (nSPS) is 9.43. The van der Waals surface area contributed by atoms with Crippen LogP contribution in [0.2, 0.25) is 0 Å². The number of aromatic nitrogens is 1. The Balaban J connectivity index is 0.000000980. The van der Waals surface area contributed by atoms with Crippen LogP contribution in [0, 0.1) is 0 Å². The molecule has 4 heteroatoms. The summed E-state index contributed by atoms with van der Waals surface area (Å²) >= 11 is 0. The largest absolute Gasteiger partial charge is 0.478 e. The Kier molecular flexibility index (Phi) is 3.04. The second-order valence-electron chi connectivity index (χ2n) is 2.74. The van der Waals surface area contributed by atoms with Crippen LogP contribution in [-0.2, 0) is 0 Å². The van der Waals surface area contributed by atoms with Gasteiger partial charge in [0.25, 0.3) is 0 Å². The fraction of sp³-hybridized carbons (Fsp3) is 0. The minimum atomic E-state index is -0.911. The van der Waals surface area contributed by atoms with Crippen LogP contribution < -0.4 is 0 Å². The van der Waals surface area contributed by atoms with Crippen LogP contribution in [0.4, 0.5) is 0 Å². The zero-order valence-corrected chi connectivity index (χ0v) is 7.99. The van der Waals surface area contributed by atoms with E-state index >= 15 is 0 Å². The van der Waals surface area contributed by atoms with Crippen LogP contribution in [0.1, 0.15) is 10.4 Å². The van der Waals surface area contributed by atoms with Gasteiger partial charge in [0.2, 0.25) is 0 Å². The van der Waals surface area contributed by atoms with E-state index in [9.17, 15) is 4.79 Å². The number of carbonyl (C=O) groups is 1. The van der Waals surface area contributed by atoms with Crippen molar-refractivity contribution in [3.05, 3.63) is 42.2 Å². The third kappa shape index (κ3) is 1.83. The van der Waals surface area contributed by atoms with E-state index in [1.807, 2.05) is 6.07 Å². The predicted octanol–water partition coefficient (Wildman–Crippen LogP) is 2.35. The molecule has 0 atom stereocenters. The van der Waals surface area contributed by atoms with Crippen LogP contribution in [0.25, 0.3) is 10.8 Å². The Hall–Kier alpha value is -1.61. The zero-order valence-electron chi connectivity index (χ0n) is 7.18. The number of carboxylic acid groups (broad SMARTS) is 1. The van der Waals surface area contributed by atoms with Gasteiger partial charge in [-0.05, 0) is 23.6 Å². The Labute approximate surface area is 86.8 Å². The summed E-state index contributed by atoms with van der Waals surface area (Å²) in [6, 6.07) is 6.83. The van der Waals surface area contributed by atoms with E-state index in [2.05, 4.69) is 4.98 Å². The van der Waals surface area contributed by atoms with E-state index in [0.717, 1.165) is 10.8 Å². The minimum Gasteiger partial charge on any atom is -0.478 e. The zero-order chi connectivity index (χ0) is 9.26. The molecule has 0 aliphatic rings. The maximum atomic E-state index is 10.6. The smallest absolute Gasteiger partial charge is 0.335 e. The Morgan fingerprint density at radius 3 is 2.71 bits per heavy atom. The van der Waals surface area contributed by atoms with Crippen LogP contribution in [0.3, 0.4) is 0 Å². The lowest BCUT2D eigenvalue weighted by Gasteiger charge is -1.97. The van der Waals surface area contributed by atoms with Crippen LogP contribution in [0.5, 0.6) is 0 Å². The summed E-state index contributed by atoms with van der Waals surface area (Å²) < 4.78 is 0. The molecule has 1 heterocycles. The topological polar surface area (TPSA) is 50.2 Å². The molecule has 0 unspecified atom stereocenters. The number of benzene rings is 1. The molecule has 0 amide bonds. The van der Waals surface area contributed by atoms with E-state index in [-0.39, 0.29) is 12.4 Å². The lowest BCUT2D eigenvalue weighted by molar-refractivity contribution is 0.0697. The van der Waals surface area contributed by atoms with E-state index in [0.29, 0.717) is 5.56 Å². The van der Waals surface area contributed by atoms with Crippen LogP contribution >= 0.6 is 12.4 Å². The molecule has 0 bridgehead atoms. The molecular formula is C10H8ClNO2. The molecule has 1 aromatic carbocycles. The van der Waals surface area contributed by atoms with Gasteiger partial charge in [-0.15, -0.1) is 12.4 Å². The predicted molar refractivity (Wildman–Crippen MR) is 56.0 cm³/mol. The van der Waals surface area contributed by atoms with E-state index in [1.54, 1.807) is 30.6 Å². The lowest BCUT2D eigenvalue weighted by atomic mass is 10.1. The molecule has 2 rings (SSSR count). The van der Waals surface area contributed by atoms with Gasteiger partial charge in [0.05, 0.1) is 5.56 Å². The number of hydrogen-bond donors (Lipinski definition) is 1. The highest BCUT2D eigenvalue weighted by Crippen LogP contribution is 2.13. The molecule has 14 heavy (non-hydrogen) atoms. The average Bonchev–Trinajstić information content (AvgIpc) is 2.17. The van der Waals surface area contributed by atoms with Crippen molar-refractivity contribution >= 4 is 29.1 Å². The first-order valence-electron chi connectivity index (χ1n) is 3.84. The fourth-order valence-electron chi connectivity index (χ4n) is 1.22. The first-order valence-corrected chi connectivity index (χ1v) is 3.84. The summed E-state index contributed by atoms with van der Waals surface area (Å²) in [4.78, 5) is 14.5. The van der Waals surface area contributed by atoms with Gasteiger partial charge >= 0.3 is 5.97 Å². The van der Waals surface area contributed by atoms with Crippen molar-refractivity contribution in [3.8, 4) is 0 Å². The number of rotatable bonds is 1. The maximum absolute atomic E-state index is 10.6. The van der Waals surface area contributed by atoms with E-state index in [4.69, 9.17) is 5.11 Å². The number of carboxylic acids is 1. The van der Waals surface area contributed by atoms with Crippen molar-refractivity contribution < 1.29 is 9.90 Å². The highest BCUT2D eigenvalue weighted by Gasteiger charge is 2.02. The molecule has 0 spiro atoms. The lowest BCUT2D eigenvalue weighted by Crippen LogP contribution is -1.95. The van der Waals surface area contributed by atoms with Gasteiger partial charge in [0.15, 0.2) is 0 Å². The highest BCUT2D eigenvalue weighted by molar-refractivity contribution is 5.93. The number of halogens is 1. The summed E-state index contributed by atoms with van der Waals surface area (Å²) in [5, 5.41) is 10.6. The second kappa shape index (κ2) is 4.07. The molecule has 2 aromatic rings. The minimum absolute atomic E-state index is 0. The molecule has 1 aromatic heterocycles. The van der Waals surface area contributed by atoms with Gasteiger partial charge in [-0.1, -0.05) is 6.07 Å². The Morgan fingerprint density at radius 1 is 1.21 bits per heavy atom. The van der Waals surface area contributed by atoms with Crippen LogP contribution in [0.15, 0.2) is 36.7 Å². The molecule has 0 saturated heterocycles. The molecule has 72 valence electrons. The Morgan fingerprint density at radius 2 is 2.00 bits per heavy atom. The van der Waals surface area contributed by atoms with Gasteiger partial charge in [-0.2, -0.15) is 0 Å². The van der Waals surface area contributed by atoms with Crippen molar-refractivity contribution in [1.82, 2.24) is 4.98 Å². The first kappa shape index (κ1) is 10.5. The molecule has 0 aliphatic carbocycles. The first-order chi connectivity index (χ1) is 6.27. The van der Waals surface area contributed by atoms with Gasteiger partial charge in [-0.25, -0.2) is 4.79 Å². The third-order valence-electron chi connectivity index (χ3n) is 1.89. The SMILES string of the molecule is Cl.O=C(O)c1ccc2ccncc2c1. The van der Waals surface area contributed by atoms with Crippen molar-refractivity contribution in [3.63, 3.8) is 0 Å². The monoisotopic (exact) mass is 209 g/mol. The van der Waals surface area contributed by atoms with Gasteiger partial charge in [0.1, 0.15) is 0 Å². The molecule has 3 nitrogen and oxygen atoms in total. The van der Waals surface area contributed by atoms with Crippen molar-refractivity contribution in [2.24, 2.45) is 0 Å². The number of nitrogens with zero attached hydrogens (tertiary/aromatic N) is 1. The number of hydrogen-bond acceptors (Lipinski definition) is 2. The van der Waals surface area contributed by atoms with Crippen molar-refractivity contribution in [1.29, 1.82) is 0 Å². The quantitative estimate of drug-likeness (QED) is 0.785. The maximum Gasteiger partial charge on any atom is 0.335 e. The number of aromatic carboxylic acids is 1. The Bertz CT molecular complexity index is 470. The van der Waals surface area contributed by atoms with E-state index < -0.39 is 5.97 Å². The van der Waals surface area contributed by atoms with Gasteiger partial charge in [0, 0.05) is 17.8 Å². The summed E-state index contributed by atoms with van der Waals surface area (Å²) in [5.41, 5.74) is 0.292. The number of pyridine rings is 1. The number of fused-ring (bicyclic) bond motifs is 1. The molecule has 1 N–H and O–H groups in total. The van der Waals surface area contributed by atoms with Gasteiger partial charge < -0.3 is 5.11 Å². The van der Waals surface area contributed by atoms with Crippen molar-refractivity contribution in [2.75, 3.05) is 0 Å². The molecular weight excluding hydrogens is 202 g/mol. The molecule has 0 saturated carbocycles. The standard InChI is InChI=1S/C10H7NO2.ClH/c12-10(13)8-2-1-7-3-4-11-6-9(7)5-8;/h1-6H,(H,12,13);1H. The van der Waals surface area contributed by atoms with E-state index in [1.165, 1.54) is 0 Å². The summed E-state index contributed by atoms with van der Waals surface area (Å²) in [6.45, 7) is 0. The highest BCUT2D eigenvalue weighted by atomic mass is 35.5. The second-order valence-corrected chi connectivity index (χ2v) is 2.74. The average molecular weight is 210 g/mol. The third-order valence-corrected chi connectivity index (χ3v) is 1.89. The fourth-order valence-corrected chi connectivity index (χ4v) is 1.22.